The lowest BCUT2D eigenvalue weighted by Gasteiger charge is -2.25. The molecule has 0 aliphatic carbocycles. The molecule has 0 radical (unpaired) electrons. The van der Waals surface area contributed by atoms with Gasteiger partial charge < -0.3 is 9.64 Å². The average Bonchev–Trinajstić information content (AvgIpc) is 1.97. The number of hydrogen-bond donors (Lipinski definition) is 0. The Morgan fingerprint density at radius 1 is 1.42 bits per heavy atom. The summed E-state index contributed by atoms with van der Waals surface area (Å²) in [5.41, 5.74) is -0.314. The highest BCUT2D eigenvalue weighted by atomic mass is 16.5. The van der Waals surface area contributed by atoms with E-state index < -0.39 is 0 Å². The minimum absolute atomic E-state index is 0.107. The first-order valence-corrected chi connectivity index (χ1v) is 4.23. The number of ether oxygens (including phenoxy) is 1. The van der Waals surface area contributed by atoms with Crippen LogP contribution in [0.3, 0.4) is 0 Å². The van der Waals surface area contributed by atoms with Gasteiger partial charge in [0.15, 0.2) is 0 Å². The van der Waals surface area contributed by atoms with Crippen LogP contribution in [0.5, 0.6) is 0 Å². The van der Waals surface area contributed by atoms with Crippen LogP contribution in [0.2, 0.25) is 0 Å². The van der Waals surface area contributed by atoms with Crippen LogP contribution < -0.4 is 0 Å². The van der Waals surface area contributed by atoms with Crippen molar-refractivity contribution in [1.29, 1.82) is 0 Å². The van der Waals surface area contributed by atoms with Gasteiger partial charge in [0.1, 0.15) is 6.73 Å². The third-order valence-corrected chi connectivity index (χ3v) is 1.48. The van der Waals surface area contributed by atoms with Gasteiger partial charge in [0.25, 0.3) is 0 Å². The molecule has 1 amide bonds. The van der Waals surface area contributed by atoms with E-state index in [1.165, 1.54) is 0 Å². The largest absolute Gasteiger partial charge is 0.361 e. The number of amides is 1. The predicted octanol–water partition coefficient (Wildman–Crippen LogP) is 1.48. The Morgan fingerprint density at radius 3 is 2.25 bits per heavy atom. The molecule has 0 unspecified atom stereocenters. The van der Waals surface area contributed by atoms with Gasteiger partial charge in [-0.2, -0.15) is 0 Å². The summed E-state index contributed by atoms with van der Waals surface area (Å²) in [6.07, 6.45) is 0. The number of hydrogen-bond acceptors (Lipinski definition) is 2. The quantitative estimate of drug-likeness (QED) is 0.605. The fourth-order valence-electron chi connectivity index (χ4n) is 0.859. The Bertz CT molecular complexity index is 149. The van der Waals surface area contributed by atoms with E-state index in [-0.39, 0.29) is 11.3 Å². The summed E-state index contributed by atoms with van der Waals surface area (Å²) < 4.78 is 5.12. The fourth-order valence-corrected chi connectivity index (χ4v) is 0.859. The van der Waals surface area contributed by atoms with Crippen LogP contribution >= 0.6 is 0 Å². The minimum atomic E-state index is -0.314. The van der Waals surface area contributed by atoms with Crippen LogP contribution in [-0.2, 0) is 9.53 Å². The van der Waals surface area contributed by atoms with Gasteiger partial charge in [-0.1, -0.05) is 20.8 Å². The SMILES string of the molecule is CCOCN(C)C(=O)C(C)(C)C. The molecule has 0 fully saturated rings. The Balaban J connectivity index is 3.94. The molecule has 0 aromatic carbocycles. The van der Waals surface area contributed by atoms with Gasteiger partial charge in [-0.05, 0) is 6.92 Å². The van der Waals surface area contributed by atoms with E-state index in [1.807, 2.05) is 27.7 Å². The molecule has 0 aromatic heterocycles. The van der Waals surface area contributed by atoms with E-state index in [1.54, 1.807) is 11.9 Å². The Kier molecular flexibility index (Phi) is 4.24. The van der Waals surface area contributed by atoms with Gasteiger partial charge in [-0.15, -0.1) is 0 Å². The lowest BCUT2D eigenvalue weighted by atomic mass is 9.95. The molecular weight excluding hydrogens is 154 g/mol. The molecule has 72 valence electrons. The summed E-state index contributed by atoms with van der Waals surface area (Å²) in [6, 6.07) is 0. The van der Waals surface area contributed by atoms with Crippen LogP contribution in [-0.4, -0.2) is 31.2 Å². The number of rotatable bonds is 3. The van der Waals surface area contributed by atoms with Crippen LogP contribution in [0.4, 0.5) is 0 Å². The Hall–Kier alpha value is -0.570. The third kappa shape index (κ3) is 3.72. The van der Waals surface area contributed by atoms with Gasteiger partial charge in [-0.3, -0.25) is 4.79 Å². The molecule has 0 aliphatic rings. The van der Waals surface area contributed by atoms with Crippen molar-refractivity contribution in [3.63, 3.8) is 0 Å². The van der Waals surface area contributed by atoms with Crippen molar-refractivity contribution in [3.05, 3.63) is 0 Å². The molecule has 12 heavy (non-hydrogen) atoms. The lowest BCUT2D eigenvalue weighted by molar-refractivity contribution is -0.143. The molecule has 0 rings (SSSR count). The molecule has 0 spiro atoms. The zero-order chi connectivity index (χ0) is 9.78. The van der Waals surface area contributed by atoms with E-state index in [0.717, 1.165) is 0 Å². The van der Waals surface area contributed by atoms with Crippen LogP contribution in [0.1, 0.15) is 27.7 Å². The van der Waals surface area contributed by atoms with Gasteiger partial charge in [0, 0.05) is 19.1 Å². The maximum atomic E-state index is 11.5. The van der Waals surface area contributed by atoms with E-state index >= 15 is 0 Å². The average molecular weight is 173 g/mol. The minimum Gasteiger partial charge on any atom is -0.361 e. The number of carbonyl (C=O) groups excluding carboxylic acids is 1. The molecule has 0 aromatic rings. The van der Waals surface area contributed by atoms with Gasteiger partial charge in [0.05, 0.1) is 0 Å². The van der Waals surface area contributed by atoms with E-state index in [4.69, 9.17) is 4.74 Å². The molecule has 3 nitrogen and oxygen atoms in total. The molecule has 0 aliphatic heterocycles. The smallest absolute Gasteiger partial charge is 0.229 e. The zero-order valence-electron chi connectivity index (χ0n) is 8.68. The molecule has 0 bridgehead atoms. The predicted molar refractivity (Wildman–Crippen MR) is 48.7 cm³/mol. The normalized spacial score (nSPS) is 11.4. The fraction of sp³-hybridized carbons (Fsp3) is 0.889. The summed E-state index contributed by atoms with van der Waals surface area (Å²) in [5, 5.41) is 0. The van der Waals surface area contributed by atoms with E-state index in [2.05, 4.69) is 0 Å². The summed E-state index contributed by atoms with van der Waals surface area (Å²) >= 11 is 0. The molecule has 0 heterocycles. The second kappa shape index (κ2) is 4.45. The molecule has 0 N–H and O–H groups in total. The van der Waals surface area contributed by atoms with Crippen molar-refractivity contribution < 1.29 is 9.53 Å². The van der Waals surface area contributed by atoms with Gasteiger partial charge in [-0.25, -0.2) is 0 Å². The maximum absolute atomic E-state index is 11.5. The lowest BCUT2D eigenvalue weighted by Crippen LogP contribution is -2.37. The zero-order valence-corrected chi connectivity index (χ0v) is 8.68. The molecule has 0 saturated heterocycles. The Labute approximate surface area is 74.7 Å². The van der Waals surface area contributed by atoms with Crippen LogP contribution in [0.15, 0.2) is 0 Å². The summed E-state index contributed by atoms with van der Waals surface area (Å²) in [7, 11) is 1.75. The van der Waals surface area contributed by atoms with Crippen molar-refractivity contribution >= 4 is 5.91 Å². The van der Waals surface area contributed by atoms with Crippen LogP contribution in [0.25, 0.3) is 0 Å². The van der Waals surface area contributed by atoms with Crippen molar-refractivity contribution in [2.45, 2.75) is 27.7 Å². The van der Waals surface area contributed by atoms with Crippen LogP contribution in [0, 0.1) is 5.41 Å². The first-order chi connectivity index (χ1) is 5.39. The van der Waals surface area contributed by atoms with E-state index in [9.17, 15) is 4.79 Å². The second-order valence-electron chi connectivity index (χ2n) is 3.87. The summed E-state index contributed by atoms with van der Waals surface area (Å²) in [4.78, 5) is 13.1. The standard InChI is InChI=1S/C9H19NO2/c1-6-12-7-10(5)8(11)9(2,3)4/h6-7H2,1-5H3. The van der Waals surface area contributed by atoms with Gasteiger partial charge in [0.2, 0.25) is 5.91 Å². The first-order valence-electron chi connectivity index (χ1n) is 4.23. The maximum Gasteiger partial charge on any atom is 0.229 e. The highest BCUT2D eigenvalue weighted by Crippen LogP contribution is 2.15. The van der Waals surface area contributed by atoms with Gasteiger partial charge >= 0.3 is 0 Å². The first kappa shape index (κ1) is 11.4. The Morgan fingerprint density at radius 2 is 1.92 bits per heavy atom. The van der Waals surface area contributed by atoms with Crippen molar-refractivity contribution in [1.82, 2.24) is 4.90 Å². The summed E-state index contributed by atoms with van der Waals surface area (Å²) in [6.45, 7) is 8.64. The number of carbonyl (C=O) groups is 1. The summed E-state index contributed by atoms with van der Waals surface area (Å²) in [5.74, 6) is 0.107. The highest BCUT2D eigenvalue weighted by molar-refractivity contribution is 5.81. The van der Waals surface area contributed by atoms with Crippen molar-refractivity contribution in [3.8, 4) is 0 Å². The molecule has 0 saturated carbocycles. The molecular formula is C9H19NO2. The van der Waals surface area contributed by atoms with Crippen molar-refractivity contribution in [2.24, 2.45) is 5.41 Å². The third-order valence-electron chi connectivity index (χ3n) is 1.48. The second-order valence-corrected chi connectivity index (χ2v) is 3.87. The monoisotopic (exact) mass is 173 g/mol. The number of nitrogens with zero attached hydrogens (tertiary/aromatic N) is 1. The molecule has 0 atom stereocenters. The highest BCUT2D eigenvalue weighted by Gasteiger charge is 2.24. The molecule has 3 heteroatoms. The van der Waals surface area contributed by atoms with Crippen molar-refractivity contribution in [2.75, 3.05) is 20.4 Å². The van der Waals surface area contributed by atoms with E-state index in [0.29, 0.717) is 13.3 Å². The topological polar surface area (TPSA) is 29.5 Å².